The number of hydrogen-bond donors (Lipinski definition) is 3. The van der Waals surface area contributed by atoms with Gasteiger partial charge in [-0.15, -0.1) is 0 Å². The maximum absolute atomic E-state index is 11.2. The molecule has 0 saturated carbocycles. The van der Waals surface area contributed by atoms with Gasteiger partial charge in [0.05, 0.1) is 4.92 Å². The molecule has 8 nitrogen and oxygen atoms in total. The molecular formula is C13H23N5O3. The Morgan fingerprint density at radius 3 is 2.52 bits per heavy atom. The first-order valence-electron chi connectivity index (χ1n) is 7.05. The van der Waals surface area contributed by atoms with Gasteiger partial charge in [-0.05, 0) is 26.2 Å². The average molecular weight is 297 g/mol. The minimum absolute atomic E-state index is 0.00772. The van der Waals surface area contributed by atoms with Crippen molar-refractivity contribution in [2.45, 2.75) is 40.2 Å². The molecule has 0 spiro atoms. The van der Waals surface area contributed by atoms with Crippen molar-refractivity contribution in [1.29, 1.82) is 0 Å². The lowest BCUT2D eigenvalue weighted by atomic mass is 10.0. The van der Waals surface area contributed by atoms with Crippen molar-refractivity contribution in [3.8, 4) is 0 Å². The molecule has 8 heteroatoms. The fraction of sp³-hybridized carbons (Fsp3) is 0.692. The van der Waals surface area contributed by atoms with Crippen LogP contribution in [-0.2, 0) is 0 Å². The Balaban J connectivity index is 3.19. The molecule has 1 aromatic heterocycles. The van der Waals surface area contributed by atoms with Gasteiger partial charge >= 0.3 is 5.69 Å². The lowest BCUT2D eigenvalue weighted by molar-refractivity contribution is -0.385. The predicted molar refractivity (Wildman–Crippen MR) is 81.5 cm³/mol. The molecule has 1 atom stereocenters. The number of nitro groups is 1. The highest BCUT2D eigenvalue weighted by Crippen LogP contribution is 2.28. The molecule has 21 heavy (non-hydrogen) atoms. The number of anilines is 2. The smallest absolute Gasteiger partial charge is 0.332 e. The van der Waals surface area contributed by atoms with Crippen molar-refractivity contribution in [3.05, 3.63) is 15.8 Å². The second-order valence-corrected chi connectivity index (χ2v) is 5.12. The summed E-state index contributed by atoms with van der Waals surface area (Å²) in [5, 5.41) is 26.4. The zero-order valence-electron chi connectivity index (χ0n) is 12.9. The molecular weight excluding hydrogens is 274 g/mol. The van der Waals surface area contributed by atoms with Crippen molar-refractivity contribution in [2.75, 3.05) is 23.8 Å². The summed E-state index contributed by atoms with van der Waals surface area (Å²) in [5.41, 5.74) is 0.181. The number of aryl methyl sites for hydroxylation is 1. The normalized spacial score (nSPS) is 12.3. The van der Waals surface area contributed by atoms with Crippen LogP contribution < -0.4 is 10.6 Å². The summed E-state index contributed by atoms with van der Waals surface area (Å²) in [7, 11) is 0. The van der Waals surface area contributed by atoms with E-state index < -0.39 is 4.92 Å². The SMILES string of the molecule is CCNc1nc(C)c([N+](=O)[O-])c(NC(CCO)C(C)C)n1. The highest BCUT2D eigenvalue weighted by atomic mass is 16.6. The molecule has 3 N–H and O–H groups in total. The van der Waals surface area contributed by atoms with Crippen LogP contribution in [0.5, 0.6) is 0 Å². The minimum atomic E-state index is -0.482. The summed E-state index contributed by atoms with van der Waals surface area (Å²) in [6.45, 7) is 8.09. The van der Waals surface area contributed by atoms with E-state index in [1.54, 1.807) is 6.92 Å². The van der Waals surface area contributed by atoms with Gasteiger partial charge in [0.25, 0.3) is 0 Å². The van der Waals surface area contributed by atoms with Crippen LogP contribution >= 0.6 is 0 Å². The van der Waals surface area contributed by atoms with Crippen LogP contribution in [0.3, 0.4) is 0 Å². The van der Waals surface area contributed by atoms with Gasteiger partial charge in [0.2, 0.25) is 11.8 Å². The van der Waals surface area contributed by atoms with Crippen LogP contribution in [0, 0.1) is 23.0 Å². The van der Waals surface area contributed by atoms with Gasteiger partial charge in [-0.3, -0.25) is 10.1 Å². The second-order valence-electron chi connectivity index (χ2n) is 5.12. The summed E-state index contributed by atoms with van der Waals surface area (Å²) in [4.78, 5) is 19.0. The van der Waals surface area contributed by atoms with Crippen molar-refractivity contribution < 1.29 is 10.0 Å². The fourth-order valence-corrected chi connectivity index (χ4v) is 2.01. The molecule has 0 aliphatic heterocycles. The average Bonchev–Trinajstić information content (AvgIpc) is 2.37. The lowest BCUT2D eigenvalue weighted by Gasteiger charge is -2.22. The zero-order chi connectivity index (χ0) is 16.0. The number of nitrogens with one attached hydrogen (secondary N) is 2. The van der Waals surface area contributed by atoms with Gasteiger partial charge in [-0.25, -0.2) is 4.98 Å². The van der Waals surface area contributed by atoms with Crippen LogP contribution in [0.15, 0.2) is 0 Å². The summed E-state index contributed by atoms with van der Waals surface area (Å²) < 4.78 is 0. The summed E-state index contributed by atoms with van der Waals surface area (Å²) in [6, 6.07) is -0.0996. The van der Waals surface area contributed by atoms with Crippen molar-refractivity contribution in [2.24, 2.45) is 5.92 Å². The van der Waals surface area contributed by atoms with Crippen LogP contribution in [0.4, 0.5) is 17.5 Å². The third-order valence-electron chi connectivity index (χ3n) is 3.14. The molecule has 0 saturated heterocycles. The third-order valence-corrected chi connectivity index (χ3v) is 3.14. The molecule has 0 bridgehead atoms. The number of aromatic nitrogens is 2. The monoisotopic (exact) mass is 297 g/mol. The predicted octanol–water partition coefficient (Wildman–Crippen LogP) is 1.94. The first-order chi connectivity index (χ1) is 9.90. The van der Waals surface area contributed by atoms with Crippen LogP contribution in [-0.4, -0.2) is 39.2 Å². The number of hydrogen-bond acceptors (Lipinski definition) is 7. The molecule has 0 fully saturated rings. The van der Waals surface area contributed by atoms with E-state index in [1.165, 1.54) is 0 Å². The minimum Gasteiger partial charge on any atom is -0.396 e. The Bertz CT molecular complexity index is 493. The second kappa shape index (κ2) is 7.72. The quantitative estimate of drug-likeness (QED) is 0.496. The molecule has 0 amide bonds. The van der Waals surface area contributed by atoms with E-state index in [0.29, 0.717) is 24.6 Å². The van der Waals surface area contributed by atoms with Crippen molar-refractivity contribution in [1.82, 2.24) is 9.97 Å². The van der Waals surface area contributed by atoms with E-state index >= 15 is 0 Å². The Hall–Kier alpha value is -1.96. The van der Waals surface area contributed by atoms with Crippen LogP contribution in [0.1, 0.15) is 32.9 Å². The lowest BCUT2D eigenvalue weighted by Crippen LogP contribution is -2.28. The Kier molecular flexibility index (Phi) is 6.29. The molecule has 0 radical (unpaired) electrons. The summed E-state index contributed by atoms with van der Waals surface area (Å²) in [6.07, 6.45) is 0.494. The topological polar surface area (TPSA) is 113 Å². The first kappa shape index (κ1) is 17.1. The van der Waals surface area contributed by atoms with E-state index in [-0.39, 0.29) is 30.1 Å². The zero-order valence-corrected chi connectivity index (χ0v) is 12.9. The first-order valence-corrected chi connectivity index (χ1v) is 7.05. The van der Waals surface area contributed by atoms with Gasteiger partial charge in [0.1, 0.15) is 5.69 Å². The maximum atomic E-state index is 11.2. The van der Waals surface area contributed by atoms with Crippen LogP contribution in [0.25, 0.3) is 0 Å². The van der Waals surface area contributed by atoms with Crippen LogP contribution in [0.2, 0.25) is 0 Å². The van der Waals surface area contributed by atoms with Crippen molar-refractivity contribution in [3.63, 3.8) is 0 Å². The number of aliphatic hydroxyl groups is 1. The molecule has 118 valence electrons. The molecule has 1 unspecified atom stereocenters. The summed E-state index contributed by atoms with van der Waals surface area (Å²) >= 11 is 0. The number of nitrogens with zero attached hydrogens (tertiary/aromatic N) is 3. The van der Waals surface area contributed by atoms with E-state index in [1.807, 2.05) is 20.8 Å². The van der Waals surface area contributed by atoms with Gasteiger partial charge in [0.15, 0.2) is 0 Å². The fourth-order valence-electron chi connectivity index (χ4n) is 2.01. The third kappa shape index (κ3) is 4.52. The van der Waals surface area contributed by atoms with E-state index in [0.717, 1.165) is 0 Å². The maximum Gasteiger partial charge on any atom is 0.332 e. The Morgan fingerprint density at radius 1 is 1.38 bits per heavy atom. The largest absolute Gasteiger partial charge is 0.396 e. The molecule has 0 aromatic carbocycles. The summed E-state index contributed by atoms with van der Waals surface area (Å²) in [5.74, 6) is 0.750. The van der Waals surface area contributed by atoms with E-state index in [9.17, 15) is 10.1 Å². The molecule has 1 rings (SSSR count). The number of aliphatic hydroxyl groups excluding tert-OH is 1. The highest BCUT2D eigenvalue weighted by Gasteiger charge is 2.25. The van der Waals surface area contributed by atoms with E-state index in [4.69, 9.17) is 5.11 Å². The molecule has 0 aliphatic rings. The molecule has 0 aliphatic carbocycles. The standard InChI is InChI=1S/C13H23N5O3/c1-5-14-13-15-9(4)11(18(20)21)12(17-13)16-10(6-7-19)8(2)3/h8,10,19H,5-7H2,1-4H3,(H2,14,15,16,17). The van der Waals surface area contributed by atoms with Gasteiger partial charge in [0, 0.05) is 19.2 Å². The Labute approximate surface area is 124 Å². The Morgan fingerprint density at radius 2 is 2.05 bits per heavy atom. The van der Waals surface area contributed by atoms with E-state index in [2.05, 4.69) is 20.6 Å². The highest BCUT2D eigenvalue weighted by molar-refractivity contribution is 5.61. The van der Waals surface area contributed by atoms with Crippen molar-refractivity contribution >= 4 is 17.5 Å². The molecule has 1 aromatic rings. The van der Waals surface area contributed by atoms with Gasteiger partial charge in [-0.1, -0.05) is 13.8 Å². The number of rotatable bonds is 8. The van der Waals surface area contributed by atoms with Gasteiger partial charge < -0.3 is 15.7 Å². The van der Waals surface area contributed by atoms with Gasteiger partial charge in [-0.2, -0.15) is 4.98 Å². The molecule has 1 heterocycles.